The van der Waals surface area contributed by atoms with Crippen LogP contribution in [0.3, 0.4) is 0 Å². The molecule has 1 aromatic rings. The van der Waals surface area contributed by atoms with Gasteiger partial charge in [0.1, 0.15) is 5.75 Å². The molecule has 0 aliphatic rings. The van der Waals surface area contributed by atoms with Crippen LogP contribution in [0.5, 0.6) is 5.75 Å². The Bertz CT molecular complexity index is 434. The van der Waals surface area contributed by atoms with Crippen LogP contribution in [0, 0.1) is 5.92 Å². The Labute approximate surface area is 124 Å². The van der Waals surface area contributed by atoms with E-state index in [1.807, 2.05) is 13.0 Å². The van der Waals surface area contributed by atoms with Crippen LogP contribution >= 0.6 is 31.9 Å². The van der Waals surface area contributed by atoms with Crippen molar-refractivity contribution in [3.63, 3.8) is 0 Å². The number of benzene rings is 1. The normalized spacial score (nSPS) is 12.1. The Hall–Kier alpha value is -0.590. The van der Waals surface area contributed by atoms with Gasteiger partial charge in [0.25, 0.3) is 0 Å². The van der Waals surface area contributed by atoms with Crippen molar-refractivity contribution in [2.75, 3.05) is 19.0 Å². The fourth-order valence-corrected chi connectivity index (χ4v) is 2.73. The second kappa shape index (κ2) is 7.11. The zero-order valence-corrected chi connectivity index (χ0v) is 13.5. The van der Waals surface area contributed by atoms with E-state index in [0.717, 1.165) is 8.95 Å². The Morgan fingerprint density at radius 1 is 1.44 bits per heavy atom. The standard InChI is InChI=1S/C12H16Br2N2O2/c1-3-7(6-15)12(17)16-10-5-11(18-2)9(14)4-8(10)13/h4-5,7H,3,6,15H2,1-2H3,(H,16,17). The second-order valence-corrected chi connectivity index (χ2v) is 5.51. The highest BCUT2D eigenvalue weighted by molar-refractivity contribution is 9.11. The van der Waals surface area contributed by atoms with Crippen molar-refractivity contribution < 1.29 is 9.53 Å². The summed E-state index contributed by atoms with van der Waals surface area (Å²) in [6.45, 7) is 2.28. The zero-order valence-electron chi connectivity index (χ0n) is 10.3. The number of hydrogen-bond donors (Lipinski definition) is 2. The number of rotatable bonds is 5. The van der Waals surface area contributed by atoms with Crippen molar-refractivity contribution in [1.29, 1.82) is 0 Å². The maximum Gasteiger partial charge on any atom is 0.228 e. The van der Waals surface area contributed by atoms with E-state index in [0.29, 0.717) is 24.4 Å². The molecule has 0 aliphatic heterocycles. The highest BCUT2D eigenvalue weighted by Crippen LogP contribution is 2.34. The van der Waals surface area contributed by atoms with Crippen LogP contribution in [0.1, 0.15) is 13.3 Å². The van der Waals surface area contributed by atoms with E-state index in [9.17, 15) is 4.79 Å². The van der Waals surface area contributed by atoms with Crippen LogP contribution in [-0.4, -0.2) is 19.6 Å². The van der Waals surface area contributed by atoms with Crippen LogP contribution in [-0.2, 0) is 4.79 Å². The molecule has 0 aromatic heterocycles. The van der Waals surface area contributed by atoms with Gasteiger partial charge in [-0.1, -0.05) is 6.92 Å². The third-order valence-corrected chi connectivity index (χ3v) is 3.92. The summed E-state index contributed by atoms with van der Waals surface area (Å²) in [5, 5.41) is 2.85. The molecule has 0 spiro atoms. The molecule has 3 N–H and O–H groups in total. The highest BCUT2D eigenvalue weighted by atomic mass is 79.9. The number of methoxy groups -OCH3 is 1. The van der Waals surface area contributed by atoms with E-state index >= 15 is 0 Å². The van der Waals surface area contributed by atoms with E-state index in [1.165, 1.54) is 0 Å². The lowest BCUT2D eigenvalue weighted by Crippen LogP contribution is -2.28. The summed E-state index contributed by atoms with van der Waals surface area (Å²) in [5.41, 5.74) is 6.22. The van der Waals surface area contributed by atoms with E-state index < -0.39 is 0 Å². The molecule has 0 fully saturated rings. The molecule has 1 aromatic carbocycles. The van der Waals surface area contributed by atoms with Crippen LogP contribution in [0.15, 0.2) is 21.1 Å². The number of hydrogen-bond acceptors (Lipinski definition) is 3. The average Bonchev–Trinajstić information content (AvgIpc) is 2.34. The molecule has 6 heteroatoms. The lowest BCUT2D eigenvalue weighted by molar-refractivity contribution is -0.119. The smallest absolute Gasteiger partial charge is 0.228 e. The average molecular weight is 380 g/mol. The molecule has 1 rings (SSSR count). The van der Waals surface area contributed by atoms with E-state index in [1.54, 1.807) is 13.2 Å². The predicted octanol–water partition coefficient (Wildman–Crippen LogP) is 3.14. The Morgan fingerprint density at radius 2 is 2.11 bits per heavy atom. The number of anilines is 1. The third kappa shape index (κ3) is 3.70. The van der Waals surface area contributed by atoms with Crippen molar-refractivity contribution in [3.05, 3.63) is 21.1 Å². The maximum absolute atomic E-state index is 11.9. The topological polar surface area (TPSA) is 64.4 Å². The molecule has 0 bridgehead atoms. The quantitative estimate of drug-likeness (QED) is 0.825. The number of carbonyl (C=O) groups is 1. The minimum Gasteiger partial charge on any atom is -0.495 e. The van der Waals surface area contributed by atoms with Gasteiger partial charge in [0.05, 0.1) is 23.2 Å². The minimum absolute atomic E-state index is 0.0786. The van der Waals surface area contributed by atoms with Gasteiger partial charge < -0.3 is 15.8 Å². The first-order chi connectivity index (χ1) is 8.53. The van der Waals surface area contributed by atoms with Gasteiger partial charge in [-0.3, -0.25) is 4.79 Å². The maximum atomic E-state index is 11.9. The summed E-state index contributed by atoms with van der Waals surface area (Å²) >= 11 is 6.78. The first-order valence-corrected chi connectivity index (χ1v) is 7.16. The molecule has 0 heterocycles. The molecule has 1 unspecified atom stereocenters. The molecule has 4 nitrogen and oxygen atoms in total. The summed E-state index contributed by atoms with van der Waals surface area (Å²) in [6.07, 6.45) is 0.716. The van der Waals surface area contributed by atoms with E-state index in [-0.39, 0.29) is 11.8 Å². The molecule has 1 atom stereocenters. The number of halogens is 2. The number of amides is 1. The highest BCUT2D eigenvalue weighted by Gasteiger charge is 2.16. The van der Waals surface area contributed by atoms with Gasteiger partial charge in [0.15, 0.2) is 0 Å². The van der Waals surface area contributed by atoms with Gasteiger partial charge >= 0.3 is 0 Å². The summed E-state index contributed by atoms with van der Waals surface area (Å²) in [4.78, 5) is 11.9. The SMILES string of the molecule is CCC(CN)C(=O)Nc1cc(OC)c(Br)cc1Br. The van der Waals surface area contributed by atoms with Crippen molar-refractivity contribution in [2.45, 2.75) is 13.3 Å². The molecule has 1 amide bonds. The van der Waals surface area contributed by atoms with Gasteiger partial charge in [-0.2, -0.15) is 0 Å². The predicted molar refractivity (Wildman–Crippen MR) is 79.9 cm³/mol. The molecule has 100 valence electrons. The molecular formula is C12H16Br2N2O2. The second-order valence-electron chi connectivity index (χ2n) is 3.80. The number of nitrogens with one attached hydrogen (secondary N) is 1. The third-order valence-electron chi connectivity index (χ3n) is 2.65. The van der Waals surface area contributed by atoms with Crippen molar-refractivity contribution >= 4 is 43.5 Å². The molecule has 18 heavy (non-hydrogen) atoms. The number of carbonyl (C=O) groups excluding carboxylic acids is 1. The van der Waals surface area contributed by atoms with Crippen molar-refractivity contribution in [2.24, 2.45) is 11.7 Å². The Kier molecular flexibility index (Phi) is 6.11. The van der Waals surface area contributed by atoms with Gasteiger partial charge in [-0.25, -0.2) is 0 Å². The van der Waals surface area contributed by atoms with Crippen LogP contribution < -0.4 is 15.8 Å². The van der Waals surface area contributed by atoms with E-state index in [4.69, 9.17) is 10.5 Å². The molecule has 0 aliphatic carbocycles. The fraction of sp³-hybridized carbons (Fsp3) is 0.417. The summed E-state index contributed by atoms with van der Waals surface area (Å²) in [6, 6.07) is 3.59. The molecular weight excluding hydrogens is 364 g/mol. The Balaban J connectivity index is 2.93. The van der Waals surface area contributed by atoms with E-state index in [2.05, 4.69) is 37.2 Å². The van der Waals surface area contributed by atoms with Crippen molar-refractivity contribution in [1.82, 2.24) is 0 Å². The molecule has 0 saturated heterocycles. The van der Waals surface area contributed by atoms with Gasteiger partial charge in [0, 0.05) is 17.1 Å². The fourth-order valence-electron chi connectivity index (χ4n) is 1.48. The largest absolute Gasteiger partial charge is 0.495 e. The van der Waals surface area contributed by atoms with Gasteiger partial charge in [-0.05, 0) is 44.3 Å². The number of ether oxygens (including phenoxy) is 1. The van der Waals surface area contributed by atoms with Crippen molar-refractivity contribution in [3.8, 4) is 5.75 Å². The van der Waals surface area contributed by atoms with Gasteiger partial charge in [-0.15, -0.1) is 0 Å². The Morgan fingerprint density at radius 3 is 2.61 bits per heavy atom. The monoisotopic (exact) mass is 378 g/mol. The summed E-state index contributed by atoms with van der Waals surface area (Å²) < 4.78 is 6.80. The van der Waals surface area contributed by atoms with Crippen LogP contribution in [0.2, 0.25) is 0 Å². The lowest BCUT2D eigenvalue weighted by Gasteiger charge is -2.15. The number of nitrogens with two attached hydrogens (primary N) is 1. The van der Waals surface area contributed by atoms with Gasteiger partial charge in [0.2, 0.25) is 5.91 Å². The van der Waals surface area contributed by atoms with Crippen LogP contribution in [0.4, 0.5) is 5.69 Å². The molecule has 0 saturated carbocycles. The summed E-state index contributed by atoms with van der Waals surface area (Å²) in [5.74, 6) is 0.408. The minimum atomic E-state index is -0.174. The van der Waals surface area contributed by atoms with Crippen LogP contribution in [0.25, 0.3) is 0 Å². The first kappa shape index (κ1) is 15.5. The summed E-state index contributed by atoms with van der Waals surface area (Å²) in [7, 11) is 1.58. The lowest BCUT2D eigenvalue weighted by atomic mass is 10.1. The first-order valence-electron chi connectivity index (χ1n) is 5.57. The zero-order chi connectivity index (χ0) is 13.7. The molecule has 0 radical (unpaired) electrons.